The molecule has 18 heavy (non-hydrogen) atoms. The summed E-state index contributed by atoms with van der Waals surface area (Å²) in [7, 11) is 0. The van der Waals surface area contributed by atoms with Crippen LogP contribution in [0.2, 0.25) is 0 Å². The molecule has 4 N–H and O–H groups in total. The Hall–Kier alpha value is -1.83. The van der Waals surface area contributed by atoms with E-state index in [1.165, 1.54) is 17.9 Å². The van der Waals surface area contributed by atoms with E-state index in [2.05, 4.69) is 24.9 Å². The summed E-state index contributed by atoms with van der Waals surface area (Å²) in [5.74, 6) is 1.75. The van der Waals surface area contributed by atoms with Crippen molar-refractivity contribution >= 4 is 22.4 Å². The van der Waals surface area contributed by atoms with Crippen molar-refractivity contribution in [2.75, 3.05) is 11.1 Å². The maximum atomic E-state index is 5.78. The zero-order valence-corrected chi connectivity index (χ0v) is 11.3. The summed E-state index contributed by atoms with van der Waals surface area (Å²) >= 11 is 1.27. The number of nitrogen functional groups attached to an aromatic ring is 1. The number of hydrogen-bond acceptors (Lipinski definition) is 7. The monoisotopic (exact) mass is 268 g/mol. The normalized spacial score (nSPS) is 12.7. The van der Waals surface area contributed by atoms with Crippen molar-refractivity contribution in [3.8, 4) is 5.75 Å². The molecule has 2 aromatic rings. The predicted molar refractivity (Wildman–Crippen MR) is 70.7 cm³/mol. The van der Waals surface area contributed by atoms with Gasteiger partial charge in [0.2, 0.25) is 0 Å². The highest BCUT2D eigenvalue weighted by atomic mass is 32.1. The first-order valence-electron chi connectivity index (χ1n) is 5.61. The third-order valence-electron chi connectivity index (χ3n) is 2.22. The summed E-state index contributed by atoms with van der Waals surface area (Å²) in [4.78, 5) is 4.09. The van der Waals surface area contributed by atoms with Crippen molar-refractivity contribution < 1.29 is 4.74 Å². The van der Waals surface area contributed by atoms with E-state index in [1.54, 1.807) is 0 Å². The van der Waals surface area contributed by atoms with E-state index in [4.69, 9.17) is 10.5 Å². The third-order valence-corrected chi connectivity index (χ3v) is 2.99. The molecule has 0 spiro atoms. The average molecular weight is 268 g/mol. The van der Waals surface area contributed by atoms with Crippen LogP contribution in [0.1, 0.15) is 32.6 Å². The lowest BCUT2D eigenvalue weighted by molar-refractivity contribution is 0.245. The Morgan fingerprint density at radius 1 is 1.44 bits per heavy atom. The van der Waals surface area contributed by atoms with Crippen LogP contribution in [0.5, 0.6) is 5.75 Å². The lowest BCUT2D eigenvalue weighted by atomic mass is 10.3. The van der Waals surface area contributed by atoms with Crippen molar-refractivity contribution in [1.82, 2.24) is 19.6 Å². The zero-order valence-electron chi connectivity index (χ0n) is 10.5. The molecule has 0 aliphatic carbocycles. The number of rotatable bonds is 5. The van der Waals surface area contributed by atoms with Gasteiger partial charge in [-0.3, -0.25) is 5.10 Å². The molecule has 0 bridgehead atoms. The van der Waals surface area contributed by atoms with Crippen molar-refractivity contribution in [2.45, 2.75) is 32.9 Å². The van der Waals surface area contributed by atoms with Crippen LogP contribution in [0, 0.1) is 0 Å². The van der Waals surface area contributed by atoms with Crippen molar-refractivity contribution in [2.24, 2.45) is 0 Å². The largest absolute Gasteiger partial charge is 0.484 e. The fourth-order valence-electron chi connectivity index (χ4n) is 1.42. The van der Waals surface area contributed by atoms with Crippen LogP contribution in [0.4, 0.5) is 10.8 Å². The highest BCUT2D eigenvalue weighted by Gasteiger charge is 2.17. The number of nitrogens with zero attached hydrogens (tertiary/aromatic N) is 3. The first kappa shape index (κ1) is 12.6. The molecule has 0 aliphatic rings. The van der Waals surface area contributed by atoms with Gasteiger partial charge in [-0.25, -0.2) is 4.98 Å². The topological polar surface area (TPSA) is 102 Å². The zero-order chi connectivity index (χ0) is 13.1. The average Bonchev–Trinajstić information content (AvgIpc) is 2.93. The van der Waals surface area contributed by atoms with Crippen LogP contribution < -0.4 is 15.8 Å². The highest BCUT2D eigenvalue weighted by Crippen LogP contribution is 2.37. The second kappa shape index (κ2) is 5.21. The number of aromatic nitrogens is 4. The van der Waals surface area contributed by atoms with Crippen LogP contribution in [-0.4, -0.2) is 25.7 Å². The number of hydrogen-bond donors (Lipinski definition) is 3. The second-order valence-corrected chi connectivity index (χ2v) is 4.90. The Kier molecular flexibility index (Phi) is 3.66. The number of anilines is 2. The molecule has 2 aromatic heterocycles. The fraction of sp³-hybridized carbons (Fsp3) is 0.500. The number of nitrogens with two attached hydrogens (primary N) is 1. The Labute approximate surface area is 109 Å². The number of H-pyrrole nitrogens is 1. The molecule has 7 nitrogen and oxygen atoms in total. The molecule has 0 saturated heterocycles. The minimum Gasteiger partial charge on any atom is -0.484 e. The van der Waals surface area contributed by atoms with E-state index in [1.807, 2.05) is 20.8 Å². The van der Waals surface area contributed by atoms with Gasteiger partial charge < -0.3 is 15.8 Å². The van der Waals surface area contributed by atoms with Gasteiger partial charge in [-0.05, 0) is 32.3 Å². The Balaban J connectivity index is 2.14. The molecular weight excluding hydrogens is 252 g/mol. The van der Waals surface area contributed by atoms with Gasteiger partial charge in [0.15, 0.2) is 16.6 Å². The maximum Gasteiger partial charge on any atom is 0.197 e. The van der Waals surface area contributed by atoms with Gasteiger partial charge in [-0.1, -0.05) is 0 Å². The predicted octanol–water partition coefficient (Wildman–Crippen LogP) is 1.80. The minimum atomic E-state index is -0.0261. The second-order valence-electron chi connectivity index (χ2n) is 4.13. The molecule has 0 fully saturated rings. The smallest absolute Gasteiger partial charge is 0.197 e. The fourth-order valence-corrected chi connectivity index (χ4v) is 2.16. The molecule has 0 radical (unpaired) electrons. The van der Waals surface area contributed by atoms with Crippen LogP contribution in [0.15, 0.2) is 6.33 Å². The minimum absolute atomic E-state index is 0.0261. The molecule has 2 heterocycles. The summed E-state index contributed by atoms with van der Waals surface area (Å²) in [6, 6.07) is -0.0261. The quantitative estimate of drug-likeness (QED) is 0.764. The molecule has 98 valence electrons. The molecule has 1 atom stereocenters. The SMILES string of the molecule is CC(C)Oc1c(N)nsc1NC(C)c1ncn[nH]1. The first-order valence-corrected chi connectivity index (χ1v) is 6.39. The standard InChI is InChI=1S/C10H16N6OS/c1-5(2)17-7-8(11)16-18-10(7)14-6(3)9-12-4-13-15-9/h4-6,14H,1-3H3,(H2,11,16)(H,12,13,15). The van der Waals surface area contributed by atoms with E-state index in [-0.39, 0.29) is 12.1 Å². The lowest BCUT2D eigenvalue weighted by Crippen LogP contribution is -2.11. The van der Waals surface area contributed by atoms with E-state index < -0.39 is 0 Å². The Bertz CT molecular complexity index is 494. The van der Waals surface area contributed by atoms with Gasteiger partial charge in [0, 0.05) is 0 Å². The number of aromatic amines is 1. The van der Waals surface area contributed by atoms with Gasteiger partial charge in [0.05, 0.1) is 12.1 Å². The van der Waals surface area contributed by atoms with Crippen LogP contribution in [0.25, 0.3) is 0 Å². The lowest BCUT2D eigenvalue weighted by Gasteiger charge is -2.14. The van der Waals surface area contributed by atoms with Crippen molar-refractivity contribution in [3.63, 3.8) is 0 Å². The molecular formula is C10H16N6OS. The van der Waals surface area contributed by atoms with Crippen LogP contribution in [0.3, 0.4) is 0 Å². The summed E-state index contributed by atoms with van der Waals surface area (Å²) in [6.45, 7) is 5.86. The highest BCUT2D eigenvalue weighted by molar-refractivity contribution is 7.11. The van der Waals surface area contributed by atoms with Crippen LogP contribution >= 0.6 is 11.5 Å². The maximum absolute atomic E-state index is 5.78. The summed E-state index contributed by atoms with van der Waals surface area (Å²) in [6.07, 6.45) is 1.52. The summed E-state index contributed by atoms with van der Waals surface area (Å²) in [5, 5.41) is 10.7. The van der Waals surface area contributed by atoms with Gasteiger partial charge in [-0.15, -0.1) is 0 Å². The third kappa shape index (κ3) is 2.70. The van der Waals surface area contributed by atoms with E-state index >= 15 is 0 Å². The summed E-state index contributed by atoms with van der Waals surface area (Å²) < 4.78 is 9.74. The van der Waals surface area contributed by atoms with Gasteiger partial charge in [0.1, 0.15) is 12.2 Å². The van der Waals surface area contributed by atoms with E-state index in [0.717, 1.165) is 10.8 Å². The Morgan fingerprint density at radius 2 is 2.22 bits per heavy atom. The van der Waals surface area contributed by atoms with Gasteiger partial charge in [-0.2, -0.15) is 9.47 Å². The molecule has 2 rings (SSSR count). The van der Waals surface area contributed by atoms with Crippen molar-refractivity contribution in [1.29, 1.82) is 0 Å². The number of ether oxygens (including phenoxy) is 1. The van der Waals surface area contributed by atoms with Crippen LogP contribution in [-0.2, 0) is 0 Å². The Morgan fingerprint density at radius 3 is 2.83 bits per heavy atom. The molecule has 0 amide bonds. The molecule has 0 aromatic carbocycles. The van der Waals surface area contributed by atoms with E-state index in [9.17, 15) is 0 Å². The summed E-state index contributed by atoms with van der Waals surface area (Å²) in [5.41, 5.74) is 5.78. The molecule has 0 saturated carbocycles. The van der Waals surface area contributed by atoms with E-state index in [0.29, 0.717) is 11.6 Å². The molecule has 8 heteroatoms. The number of nitrogens with one attached hydrogen (secondary N) is 2. The van der Waals surface area contributed by atoms with Gasteiger partial charge in [0.25, 0.3) is 0 Å². The molecule has 0 aliphatic heterocycles. The van der Waals surface area contributed by atoms with Crippen molar-refractivity contribution in [3.05, 3.63) is 12.2 Å². The van der Waals surface area contributed by atoms with Gasteiger partial charge >= 0.3 is 0 Å². The first-order chi connectivity index (χ1) is 8.58. The molecule has 1 unspecified atom stereocenters.